The first-order valence-electron chi connectivity index (χ1n) is 13.3. The van der Waals surface area contributed by atoms with E-state index in [0.717, 1.165) is 44.8 Å². The van der Waals surface area contributed by atoms with Crippen molar-refractivity contribution in [3.8, 4) is 0 Å². The number of carboxylic acid groups (broad SMARTS) is 3. The van der Waals surface area contributed by atoms with Crippen LogP contribution in [0.25, 0.3) is 0 Å². The van der Waals surface area contributed by atoms with Crippen LogP contribution in [-0.2, 0) is 32.2 Å². The van der Waals surface area contributed by atoms with E-state index >= 15 is 0 Å². The van der Waals surface area contributed by atoms with E-state index in [2.05, 4.69) is 52.0 Å². The van der Waals surface area contributed by atoms with Crippen LogP contribution < -0.4 is 0 Å². The van der Waals surface area contributed by atoms with Crippen LogP contribution in [0.4, 0.5) is 39.5 Å². The highest BCUT2D eigenvalue weighted by molar-refractivity contribution is 5.73. The number of aryl methyl sites for hydroxylation is 1. The van der Waals surface area contributed by atoms with E-state index in [-0.39, 0.29) is 0 Å². The highest BCUT2D eigenvalue weighted by Crippen LogP contribution is 2.34. The lowest BCUT2D eigenvalue weighted by Crippen LogP contribution is -2.50. The number of carboxylic acids is 3. The fraction of sp³-hybridized carbons (Fsp3) is 0.519. The molecule has 0 amide bonds. The number of nitrogens with zero attached hydrogens (tertiary/aromatic N) is 4. The van der Waals surface area contributed by atoms with Gasteiger partial charge in [0.25, 0.3) is 0 Å². The third-order valence-corrected chi connectivity index (χ3v) is 6.55. The molecule has 0 aliphatic carbocycles. The van der Waals surface area contributed by atoms with Crippen LogP contribution in [0.5, 0.6) is 0 Å². The zero-order chi connectivity index (χ0) is 36.2. The molecule has 0 bridgehead atoms. The maximum atomic E-state index is 10.6. The average molecular weight is 695 g/mol. The van der Waals surface area contributed by atoms with Crippen molar-refractivity contribution < 1.29 is 74.0 Å². The van der Waals surface area contributed by atoms with Crippen molar-refractivity contribution in [2.24, 2.45) is 5.92 Å². The molecule has 3 N–H and O–H groups in total. The molecule has 2 saturated heterocycles. The minimum absolute atomic E-state index is 0.365. The van der Waals surface area contributed by atoms with Gasteiger partial charge >= 0.3 is 36.4 Å². The van der Waals surface area contributed by atoms with Crippen LogP contribution in [0, 0.1) is 12.8 Å². The number of halogens is 9. The Morgan fingerprint density at radius 1 is 0.830 bits per heavy atom. The summed E-state index contributed by atoms with van der Waals surface area (Å²) in [6.45, 7) is 7.26. The molecule has 0 saturated carbocycles. The third-order valence-electron chi connectivity index (χ3n) is 6.55. The Morgan fingerprint density at radius 2 is 1.32 bits per heavy atom. The Kier molecular flexibility index (Phi) is 15.5. The van der Waals surface area contributed by atoms with Gasteiger partial charge in [-0.15, -0.1) is 0 Å². The highest BCUT2D eigenvalue weighted by atomic mass is 19.4. The van der Waals surface area contributed by atoms with Gasteiger partial charge in [0, 0.05) is 69.9 Å². The molecule has 2 aliphatic rings. The minimum atomic E-state index is -5.08. The lowest BCUT2D eigenvalue weighted by Gasteiger charge is -2.41. The van der Waals surface area contributed by atoms with E-state index in [0.29, 0.717) is 18.1 Å². The van der Waals surface area contributed by atoms with Gasteiger partial charge in [0.05, 0.1) is 11.8 Å². The summed E-state index contributed by atoms with van der Waals surface area (Å²) in [4.78, 5) is 40.7. The molecule has 0 radical (unpaired) electrons. The number of methoxy groups -OCH3 is 1. The Balaban J connectivity index is 0.000000430. The zero-order valence-electron chi connectivity index (χ0n) is 24.7. The number of piperidine rings is 1. The molecule has 2 aliphatic heterocycles. The summed E-state index contributed by atoms with van der Waals surface area (Å²) in [5.41, 5.74) is 3.60. The summed E-state index contributed by atoms with van der Waals surface area (Å²) < 4.78 is 101. The first-order chi connectivity index (χ1) is 21.6. The van der Waals surface area contributed by atoms with Gasteiger partial charge in [-0.1, -0.05) is 6.07 Å². The molecule has 0 aromatic carbocycles. The van der Waals surface area contributed by atoms with Crippen molar-refractivity contribution in [3.63, 3.8) is 0 Å². The first kappa shape index (κ1) is 41.0. The maximum absolute atomic E-state index is 10.6. The van der Waals surface area contributed by atoms with Gasteiger partial charge in [0.1, 0.15) is 0 Å². The Hall–Kier alpha value is -4.04. The second-order valence-electron chi connectivity index (χ2n) is 9.99. The average Bonchev–Trinajstić information content (AvgIpc) is 3.37. The molecule has 20 heteroatoms. The quantitative estimate of drug-likeness (QED) is 0.382. The van der Waals surface area contributed by atoms with Crippen LogP contribution in [-0.4, -0.2) is 110 Å². The summed E-state index contributed by atoms with van der Waals surface area (Å²) in [6, 6.07) is 11.1. The molecule has 47 heavy (non-hydrogen) atoms. The summed E-state index contributed by atoms with van der Waals surface area (Å²) in [7, 11) is 1.87. The zero-order valence-corrected chi connectivity index (χ0v) is 24.7. The van der Waals surface area contributed by atoms with Gasteiger partial charge in [-0.3, -0.25) is 19.8 Å². The van der Waals surface area contributed by atoms with E-state index in [9.17, 15) is 39.5 Å². The minimum Gasteiger partial charge on any atom is -0.475 e. The fourth-order valence-corrected chi connectivity index (χ4v) is 4.58. The summed E-state index contributed by atoms with van der Waals surface area (Å²) in [5, 5.41) is 21.4. The number of hydrogen-bond acceptors (Lipinski definition) is 8. The predicted octanol–water partition coefficient (Wildman–Crippen LogP) is 4.41. The molecule has 3 atom stereocenters. The molecule has 264 valence electrons. The maximum Gasteiger partial charge on any atom is 0.490 e. The predicted molar refractivity (Wildman–Crippen MR) is 143 cm³/mol. The number of rotatable bonds is 5. The van der Waals surface area contributed by atoms with Crippen LogP contribution in [0.3, 0.4) is 0 Å². The molecule has 2 aromatic rings. The van der Waals surface area contributed by atoms with Gasteiger partial charge in [0.15, 0.2) is 0 Å². The van der Waals surface area contributed by atoms with Crippen molar-refractivity contribution in [1.29, 1.82) is 0 Å². The van der Waals surface area contributed by atoms with Crippen molar-refractivity contribution >= 4 is 17.9 Å². The summed E-state index contributed by atoms with van der Waals surface area (Å²) >= 11 is 0. The number of ether oxygens (including phenoxy) is 1. The molecular formula is C27H31F9N4O7. The second kappa shape index (κ2) is 17.8. The van der Waals surface area contributed by atoms with Crippen molar-refractivity contribution in [2.45, 2.75) is 57.1 Å². The van der Waals surface area contributed by atoms with Gasteiger partial charge in [-0.25, -0.2) is 14.4 Å². The SMILES string of the molecule is CO[C@H]1CCN(Cc2cccc(C)n2)[C@@H]2CN(Cc3ccncc3)C[C@H]12.O=C(O)C(F)(F)F.O=C(O)C(F)(F)F.O=C(O)C(F)(F)F. The highest BCUT2D eigenvalue weighted by Gasteiger charge is 2.44. The van der Waals surface area contributed by atoms with E-state index in [4.69, 9.17) is 39.4 Å². The molecule has 0 unspecified atom stereocenters. The van der Waals surface area contributed by atoms with Gasteiger partial charge in [0.2, 0.25) is 0 Å². The number of fused-ring (bicyclic) bond motifs is 1. The molecule has 2 aromatic heterocycles. The van der Waals surface area contributed by atoms with Gasteiger partial charge < -0.3 is 20.1 Å². The van der Waals surface area contributed by atoms with Crippen LogP contribution in [0.15, 0.2) is 42.7 Å². The topological polar surface area (TPSA) is 153 Å². The largest absolute Gasteiger partial charge is 0.490 e. The summed E-state index contributed by atoms with van der Waals surface area (Å²) in [6.07, 6.45) is -10.0. The van der Waals surface area contributed by atoms with Crippen molar-refractivity contribution in [2.75, 3.05) is 26.7 Å². The van der Waals surface area contributed by atoms with Crippen LogP contribution >= 0.6 is 0 Å². The number of hydrogen-bond donors (Lipinski definition) is 3. The molecule has 11 nitrogen and oxygen atoms in total. The fourth-order valence-electron chi connectivity index (χ4n) is 4.58. The van der Waals surface area contributed by atoms with E-state index < -0.39 is 36.4 Å². The van der Waals surface area contributed by atoms with Crippen LogP contribution in [0.2, 0.25) is 0 Å². The number of likely N-dealkylation sites (tertiary alicyclic amines) is 2. The first-order valence-corrected chi connectivity index (χ1v) is 13.3. The molecular weight excluding hydrogens is 663 g/mol. The normalized spacial score (nSPS) is 19.9. The molecule has 4 heterocycles. The number of alkyl halides is 9. The third kappa shape index (κ3) is 14.9. The smallest absolute Gasteiger partial charge is 0.475 e. The van der Waals surface area contributed by atoms with Crippen LogP contribution in [0.1, 0.15) is 23.4 Å². The van der Waals surface area contributed by atoms with Crippen molar-refractivity contribution in [1.82, 2.24) is 19.8 Å². The van der Waals surface area contributed by atoms with Crippen molar-refractivity contribution in [3.05, 3.63) is 59.7 Å². The number of aliphatic carboxylic acids is 3. The monoisotopic (exact) mass is 694 g/mol. The Bertz CT molecular complexity index is 1240. The Morgan fingerprint density at radius 3 is 1.74 bits per heavy atom. The molecule has 0 spiro atoms. The number of aromatic nitrogens is 2. The second-order valence-corrected chi connectivity index (χ2v) is 9.99. The van der Waals surface area contributed by atoms with E-state index in [1.165, 1.54) is 11.3 Å². The number of pyridine rings is 2. The van der Waals surface area contributed by atoms with E-state index in [1.807, 2.05) is 19.5 Å². The molecule has 2 fully saturated rings. The van der Waals surface area contributed by atoms with E-state index in [1.54, 1.807) is 0 Å². The Labute approximate surface area is 261 Å². The lowest BCUT2D eigenvalue weighted by molar-refractivity contribution is -0.193. The molecule has 4 rings (SSSR count). The van der Waals surface area contributed by atoms with Gasteiger partial charge in [-0.05, 0) is 43.2 Å². The van der Waals surface area contributed by atoms with Gasteiger partial charge in [-0.2, -0.15) is 39.5 Å². The summed E-state index contributed by atoms with van der Waals surface area (Å²) in [5.74, 6) is -7.70. The lowest BCUT2D eigenvalue weighted by atomic mass is 9.89. The number of carbonyl (C=O) groups is 3. The standard InChI is InChI=1S/C21H28N4O.3C2HF3O2/c1-16-4-3-5-18(23-16)13-25-11-8-21(26-2)19-14-24(15-20(19)25)12-17-6-9-22-10-7-17;3*3-2(4,5)1(6)7/h3-7,9-10,19-21H,8,11-15H2,1-2H3;3*(H,6,7)/t19-,20+,21-;;;/m0.../s1.